The molecule has 0 spiro atoms. The molecule has 2 heteroatoms. The van der Waals surface area contributed by atoms with Gasteiger partial charge >= 0.3 is 0 Å². The Morgan fingerprint density at radius 2 is 1.75 bits per heavy atom. The maximum atomic E-state index is 10.0. The predicted octanol–water partition coefficient (Wildman–Crippen LogP) is 3.81. The Morgan fingerprint density at radius 3 is 2.45 bits per heavy atom. The highest BCUT2D eigenvalue weighted by Crippen LogP contribution is 2.26. The maximum absolute atomic E-state index is 10.0. The second kappa shape index (κ2) is 6.73. The van der Waals surface area contributed by atoms with Crippen molar-refractivity contribution >= 4 is 0 Å². The van der Waals surface area contributed by atoms with E-state index in [1.807, 2.05) is 0 Å². The highest BCUT2D eigenvalue weighted by molar-refractivity contribution is 5.38. The van der Waals surface area contributed by atoms with Crippen LogP contribution in [0.2, 0.25) is 0 Å². The first kappa shape index (κ1) is 15.5. The summed E-state index contributed by atoms with van der Waals surface area (Å²) in [6, 6.07) is 4.93. The van der Waals surface area contributed by atoms with Gasteiger partial charge in [0.2, 0.25) is 0 Å². The molecule has 112 valence electrons. The van der Waals surface area contributed by atoms with Gasteiger partial charge in [-0.15, -0.1) is 0 Å². The molecule has 0 aromatic heterocycles. The summed E-state index contributed by atoms with van der Waals surface area (Å²) in [5.74, 6) is 0.429. The van der Waals surface area contributed by atoms with Crippen LogP contribution < -0.4 is 5.32 Å². The monoisotopic (exact) mass is 275 g/mol. The van der Waals surface area contributed by atoms with E-state index in [1.165, 1.54) is 35.1 Å². The number of aliphatic hydroxyl groups is 1. The molecular formula is C18H29NO. The molecule has 1 fully saturated rings. The van der Waals surface area contributed by atoms with Crippen LogP contribution in [0, 0.1) is 26.7 Å². The Bertz CT molecular complexity index is 455. The molecule has 0 amide bonds. The predicted molar refractivity (Wildman–Crippen MR) is 85.0 cm³/mol. The molecule has 1 aromatic rings. The van der Waals surface area contributed by atoms with E-state index in [1.54, 1.807) is 0 Å². The average Bonchev–Trinajstić information content (AvgIpc) is 2.41. The van der Waals surface area contributed by atoms with Gasteiger partial charge in [-0.25, -0.2) is 0 Å². The van der Waals surface area contributed by atoms with Crippen LogP contribution in [0.1, 0.15) is 60.9 Å². The molecule has 2 N–H and O–H groups in total. The van der Waals surface area contributed by atoms with E-state index in [9.17, 15) is 5.11 Å². The van der Waals surface area contributed by atoms with Crippen molar-refractivity contribution in [1.29, 1.82) is 0 Å². The lowest BCUT2D eigenvalue weighted by Gasteiger charge is -2.29. The van der Waals surface area contributed by atoms with E-state index < -0.39 is 0 Å². The number of rotatable bonds is 4. The van der Waals surface area contributed by atoms with Gasteiger partial charge < -0.3 is 10.4 Å². The normalized spacial score (nSPS) is 24.6. The zero-order chi connectivity index (χ0) is 14.7. The van der Waals surface area contributed by atoms with Gasteiger partial charge in [-0.3, -0.25) is 0 Å². The summed E-state index contributed by atoms with van der Waals surface area (Å²) >= 11 is 0. The molecule has 0 saturated heterocycles. The third kappa shape index (κ3) is 3.62. The molecule has 1 aliphatic rings. The Labute approximate surface area is 123 Å². The van der Waals surface area contributed by atoms with Crippen molar-refractivity contribution in [1.82, 2.24) is 5.32 Å². The molecule has 3 unspecified atom stereocenters. The lowest BCUT2D eigenvalue weighted by molar-refractivity contribution is 0.0684. The third-order valence-electron chi connectivity index (χ3n) is 4.90. The van der Waals surface area contributed by atoms with Crippen LogP contribution in [-0.4, -0.2) is 17.8 Å². The largest absolute Gasteiger partial charge is 0.393 e. The zero-order valence-corrected chi connectivity index (χ0v) is 13.4. The Morgan fingerprint density at radius 1 is 1.10 bits per heavy atom. The summed E-state index contributed by atoms with van der Waals surface area (Å²) in [5.41, 5.74) is 5.47. The minimum atomic E-state index is -0.107. The Kier molecular flexibility index (Phi) is 5.22. The topological polar surface area (TPSA) is 32.3 Å². The fourth-order valence-electron chi connectivity index (χ4n) is 3.31. The van der Waals surface area contributed by atoms with Crippen LogP contribution in [0.4, 0.5) is 0 Å². The first-order valence-electron chi connectivity index (χ1n) is 7.98. The van der Waals surface area contributed by atoms with E-state index in [0.29, 0.717) is 12.0 Å². The number of nitrogens with one attached hydrogen (secondary N) is 1. The van der Waals surface area contributed by atoms with E-state index in [0.717, 1.165) is 19.4 Å². The Balaban J connectivity index is 1.97. The smallest absolute Gasteiger partial charge is 0.0580 e. The van der Waals surface area contributed by atoms with Crippen LogP contribution >= 0.6 is 0 Å². The molecule has 0 aliphatic heterocycles. The molecule has 2 nitrogen and oxygen atoms in total. The van der Waals surface area contributed by atoms with Gasteiger partial charge in [-0.1, -0.05) is 25.0 Å². The van der Waals surface area contributed by atoms with Crippen molar-refractivity contribution in [2.45, 2.75) is 65.5 Å². The van der Waals surface area contributed by atoms with E-state index >= 15 is 0 Å². The molecule has 2 rings (SSSR count). The first-order chi connectivity index (χ1) is 9.49. The van der Waals surface area contributed by atoms with E-state index in [-0.39, 0.29) is 6.10 Å². The van der Waals surface area contributed by atoms with Crippen molar-refractivity contribution < 1.29 is 5.11 Å². The minimum Gasteiger partial charge on any atom is -0.393 e. The van der Waals surface area contributed by atoms with Gasteiger partial charge in [-0.05, 0) is 68.7 Å². The van der Waals surface area contributed by atoms with Crippen LogP contribution in [-0.2, 0) is 0 Å². The van der Waals surface area contributed by atoms with Crippen LogP contribution in [0.5, 0.6) is 0 Å². The van der Waals surface area contributed by atoms with Gasteiger partial charge in [0.05, 0.1) is 6.10 Å². The summed E-state index contributed by atoms with van der Waals surface area (Å²) in [5, 5.41) is 13.7. The molecule has 0 bridgehead atoms. The highest BCUT2D eigenvalue weighted by atomic mass is 16.3. The van der Waals surface area contributed by atoms with Gasteiger partial charge in [0.15, 0.2) is 0 Å². The maximum Gasteiger partial charge on any atom is 0.0580 e. The van der Waals surface area contributed by atoms with Gasteiger partial charge in [-0.2, -0.15) is 0 Å². The molecule has 0 radical (unpaired) electrons. The summed E-state index contributed by atoms with van der Waals surface area (Å²) in [6.45, 7) is 9.69. The highest BCUT2D eigenvalue weighted by Gasteiger charge is 2.23. The van der Waals surface area contributed by atoms with Gasteiger partial charge in [0.1, 0.15) is 0 Å². The Hall–Kier alpha value is -0.860. The van der Waals surface area contributed by atoms with Gasteiger partial charge in [0, 0.05) is 12.6 Å². The summed E-state index contributed by atoms with van der Waals surface area (Å²) in [7, 11) is 0. The van der Waals surface area contributed by atoms with Crippen LogP contribution in [0.15, 0.2) is 12.1 Å². The number of aliphatic hydroxyl groups excluding tert-OH is 1. The summed E-state index contributed by atoms with van der Waals surface area (Å²) in [6.07, 6.45) is 4.48. The van der Waals surface area contributed by atoms with Crippen molar-refractivity contribution in [3.63, 3.8) is 0 Å². The lowest BCUT2D eigenvalue weighted by Crippen LogP contribution is -2.35. The molecule has 1 aromatic carbocycles. The lowest BCUT2D eigenvalue weighted by atomic mass is 9.86. The number of aryl methyl sites for hydroxylation is 3. The fraction of sp³-hybridized carbons (Fsp3) is 0.667. The van der Waals surface area contributed by atoms with E-state index in [2.05, 4.69) is 45.1 Å². The SMILES string of the molecule is Cc1cc(C)c(C(C)NCC2CCCCC2O)cc1C. The van der Waals surface area contributed by atoms with E-state index in [4.69, 9.17) is 0 Å². The van der Waals surface area contributed by atoms with Crippen molar-refractivity contribution in [3.05, 3.63) is 34.4 Å². The molecule has 1 saturated carbocycles. The number of benzene rings is 1. The van der Waals surface area contributed by atoms with Crippen molar-refractivity contribution in [2.75, 3.05) is 6.54 Å². The molecular weight excluding hydrogens is 246 g/mol. The molecule has 1 aliphatic carbocycles. The third-order valence-corrected chi connectivity index (χ3v) is 4.90. The van der Waals surface area contributed by atoms with Crippen molar-refractivity contribution in [3.8, 4) is 0 Å². The molecule has 3 atom stereocenters. The summed E-state index contributed by atoms with van der Waals surface area (Å²) in [4.78, 5) is 0. The van der Waals surface area contributed by atoms with Crippen molar-refractivity contribution in [2.24, 2.45) is 5.92 Å². The van der Waals surface area contributed by atoms with Crippen LogP contribution in [0.3, 0.4) is 0 Å². The average molecular weight is 275 g/mol. The first-order valence-corrected chi connectivity index (χ1v) is 7.98. The second-order valence-electron chi connectivity index (χ2n) is 6.53. The summed E-state index contributed by atoms with van der Waals surface area (Å²) < 4.78 is 0. The van der Waals surface area contributed by atoms with Crippen LogP contribution in [0.25, 0.3) is 0 Å². The number of hydrogen-bond acceptors (Lipinski definition) is 2. The molecule has 20 heavy (non-hydrogen) atoms. The van der Waals surface area contributed by atoms with Gasteiger partial charge in [0.25, 0.3) is 0 Å². The number of hydrogen-bond donors (Lipinski definition) is 2. The fourth-order valence-corrected chi connectivity index (χ4v) is 3.31. The second-order valence-corrected chi connectivity index (χ2v) is 6.53. The minimum absolute atomic E-state index is 0.107. The zero-order valence-electron chi connectivity index (χ0n) is 13.4. The standard InChI is InChI=1S/C18H29NO/c1-12-9-14(3)17(10-13(12)2)15(4)19-11-16-7-5-6-8-18(16)20/h9-10,15-16,18-20H,5-8,11H2,1-4H3. The molecule has 0 heterocycles. The quantitative estimate of drug-likeness (QED) is 0.875.